The molecule has 2 fully saturated rings. The summed E-state index contributed by atoms with van der Waals surface area (Å²) < 4.78 is 19.0. The number of amides is 2. The van der Waals surface area contributed by atoms with E-state index in [9.17, 15) is 9.59 Å². The van der Waals surface area contributed by atoms with Gasteiger partial charge in [-0.05, 0) is 104 Å². The highest BCUT2D eigenvalue weighted by Crippen LogP contribution is 2.48. The second kappa shape index (κ2) is 14.3. The molecule has 3 aliphatic rings. The predicted molar refractivity (Wildman–Crippen MR) is 202 cm³/mol. The lowest BCUT2D eigenvalue weighted by molar-refractivity contribution is -0.0586. The van der Waals surface area contributed by atoms with Crippen molar-refractivity contribution in [3.05, 3.63) is 70.5 Å². The molecule has 1 N–H and O–H groups in total. The first-order valence-electron chi connectivity index (χ1n) is 18.1. The summed E-state index contributed by atoms with van der Waals surface area (Å²) in [6.07, 6.45) is 9.80. The summed E-state index contributed by atoms with van der Waals surface area (Å²) in [5.41, 5.74) is 8.74. The number of hydrogen-bond acceptors (Lipinski definition) is 6. The normalized spacial score (nSPS) is 19.6. The molecule has 0 unspecified atom stereocenters. The van der Waals surface area contributed by atoms with Gasteiger partial charge in [-0.15, -0.1) is 0 Å². The van der Waals surface area contributed by atoms with Crippen molar-refractivity contribution in [3.8, 4) is 17.0 Å². The topological polar surface area (TPSA) is 90.6 Å². The van der Waals surface area contributed by atoms with E-state index in [1.54, 1.807) is 13.3 Å². The van der Waals surface area contributed by atoms with E-state index >= 15 is 0 Å². The van der Waals surface area contributed by atoms with E-state index in [4.69, 9.17) is 9.47 Å². The fourth-order valence-corrected chi connectivity index (χ4v) is 8.81. The number of hydrogen-bond donors (Lipinski definition) is 1. The van der Waals surface area contributed by atoms with Gasteiger partial charge in [0.15, 0.2) is 0 Å². The lowest BCUT2D eigenvalue weighted by atomic mass is 9.81. The highest BCUT2D eigenvalue weighted by atomic mass is 32.2. The van der Waals surface area contributed by atoms with Crippen LogP contribution in [-0.2, 0) is 18.3 Å². The standard InChI is InChI=1S/C40H49N5O4S/c1-24(2)23-50-42-39(46)28-12-14-33-35(18-28)45-22-30(37-34(19-41-43(37)5)40(47)44-20-25(3)49-26(4)21-44)16-29-17-31(48-6)13-15-32(29)38(45)36(33)27-10-8-7-9-11-27/h12-19,24-27H,7-11,20-23H2,1-6H3,(H,42,46)/t25-,26+. The molecule has 1 saturated carbocycles. The number of carbonyl (C=O) groups is 2. The molecule has 10 heteroatoms. The van der Waals surface area contributed by atoms with Gasteiger partial charge in [-0.2, -0.15) is 5.10 Å². The Balaban J connectivity index is 1.41. The zero-order valence-electron chi connectivity index (χ0n) is 30.1. The van der Waals surface area contributed by atoms with Gasteiger partial charge >= 0.3 is 0 Å². The zero-order chi connectivity index (χ0) is 35.1. The second-order valence-corrected chi connectivity index (χ2v) is 15.5. The minimum atomic E-state index is -0.0877. The molecule has 50 heavy (non-hydrogen) atoms. The number of nitrogens with one attached hydrogen (secondary N) is 1. The van der Waals surface area contributed by atoms with Gasteiger partial charge in [0.05, 0.1) is 49.0 Å². The van der Waals surface area contributed by atoms with E-state index in [0.717, 1.165) is 52.3 Å². The Morgan fingerprint density at radius 2 is 1.80 bits per heavy atom. The van der Waals surface area contributed by atoms with E-state index in [0.29, 0.717) is 42.6 Å². The summed E-state index contributed by atoms with van der Waals surface area (Å²) in [5, 5.41) is 5.84. The van der Waals surface area contributed by atoms with Crippen LogP contribution in [0.1, 0.15) is 103 Å². The lowest BCUT2D eigenvalue weighted by Gasteiger charge is -2.35. The molecule has 4 aromatic rings. The average Bonchev–Trinajstić information content (AvgIpc) is 3.58. The van der Waals surface area contributed by atoms with E-state index < -0.39 is 0 Å². The van der Waals surface area contributed by atoms with Gasteiger partial charge in [-0.3, -0.25) is 19.0 Å². The van der Waals surface area contributed by atoms with Gasteiger partial charge < -0.3 is 18.9 Å². The maximum atomic E-state index is 14.2. The molecule has 4 heterocycles. The van der Waals surface area contributed by atoms with Crippen LogP contribution in [0.5, 0.6) is 5.75 Å². The number of benzene rings is 2. The van der Waals surface area contributed by atoms with E-state index in [2.05, 4.69) is 58.6 Å². The van der Waals surface area contributed by atoms with Gasteiger partial charge in [0.2, 0.25) is 0 Å². The van der Waals surface area contributed by atoms with E-state index in [1.807, 2.05) is 42.6 Å². The van der Waals surface area contributed by atoms with Crippen LogP contribution in [0.25, 0.3) is 33.8 Å². The second-order valence-electron chi connectivity index (χ2n) is 14.7. The van der Waals surface area contributed by atoms with Gasteiger partial charge in [0.1, 0.15) is 5.75 Å². The van der Waals surface area contributed by atoms with Gasteiger partial charge in [-0.1, -0.05) is 39.2 Å². The van der Waals surface area contributed by atoms with Crippen LogP contribution in [0.15, 0.2) is 42.6 Å². The number of nitrogens with zero attached hydrogens (tertiary/aromatic N) is 4. The number of ether oxygens (including phenoxy) is 2. The first kappa shape index (κ1) is 34.4. The molecule has 0 radical (unpaired) electrons. The SMILES string of the molecule is COc1ccc2c(c1)C=C(c1c(C(=O)N3C[C@@H](C)O[C@@H](C)C3)cnn1C)Cn1c-2c(C2CCCCC2)c2ccc(C(=O)NSCC(C)C)cc21. The predicted octanol–water partition coefficient (Wildman–Crippen LogP) is 7.94. The van der Waals surface area contributed by atoms with Gasteiger partial charge in [0, 0.05) is 47.9 Å². The number of methoxy groups -OCH3 is 1. The maximum Gasteiger partial charge on any atom is 0.261 e. The summed E-state index contributed by atoms with van der Waals surface area (Å²) in [4.78, 5) is 29.6. The Hall–Kier alpha value is -4.02. The van der Waals surface area contributed by atoms with Crippen LogP contribution in [0.2, 0.25) is 0 Å². The number of aromatic nitrogens is 3. The minimum Gasteiger partial charge on any atom is -0.497 e. The quantitative estimate of drug-likeness (QED) is 0.188. The van der Waals surface area contributed by atoms with Crippen molar-refractivity contribution in [2.75, 3.05) is 26.0 Å². The molecular weight excluding hydrogens is 647 g/mol. The summed E-state index contributed by atoms with van der Waals surface area (Å²) in [6.45, 7) is 9.91. The number of carbonyl (C=O) groups excluding carboxylic acids is 2. The number of aryl methyl sites for hydroxylation is 1. The monoisotopic (exact) mass is 695 g/mol. The molecule has 264 valence electrons. The highest BCUT2D eigenvalue weighted by Gasteiger charge is 2.33. The van der Waals surface area contributed by atoms with Crippen LogP contribution in [0.3, 0.4) is 0 Å². The van der Waals surface area contributed by atoms with Gasteiger partial charge in [0.25, 0.3) is 11.8 Å². The van der Waals surface area contributed by atoms with Crippen molar-refractivity contribution < 1.29 is 19.1 Å². The van der Waals surface area contributed by atoms with Crippen LogP contribution in [0.4, 0.5) is 0 Å². The molecular formula is C40H49N5O4S. The largest absolute Gasteiger partial charge is 0.497 e. The first-order valence-corrected chi connectivity index (χ1v) is 19.1. The van der Waals surface area contributed by atoms with Crippen molar-refractivity contribution in [2.24, 2.45) is 13.0 Å². The Morgan fingerprint density at radius 1 is 1.04 bits per heavy atom. The van der Waals surface area contributed by atoms with Gasteiger partial charge in [-0.25, -0.2) is 0 Å². The van der Waals surface area contributed by atoms with Crippen molar-refractivity contribution in [2.45, 2.75) is 84.5 Å². The van der Waals surface area contributed by atoms with Crippen molar-refractivity contribution >= 4 is 46.3 Å². The third-order valence-electron chi connectivity index (χ3n) is 10.3. The number of morpholine rings is 1. The Bertz CT molecular complexity index is 1940. The Labute approximate surface area is 299 Å². The molecule has 0 bridgehead atoms. The molecule has 2 aromatic carbocycles. The van der Waals surface area contributed by atoms with Crippen molar-refractivity contribution in [1.82, 2.24) is 24.0 Å². The summed E-state index contributed by atoms with van der Waals surface area (Å²) in [7, 11) is 3.61. The van der Waals surface area contributed by atoms with Crippen LogP contribution in [0, 0.1) is 5.92 Å². The molecule has 1 saturated heterocycles. The third kappa shape index (κ3) is 6.60. The summed E-state index contributed by atoms with van der Waals surface area (Å²) >= 11 is 1.46. The van der Waals surface area contributed by atoms with Crippen LogP contribution >= 0.6 is 11.9 Å². The molecule has 2 aliphatic heterocycles. The molecule has 2 amide bonds. The van der Waals surface area contributed by atoms with Crippen LogP contribution < -0.4 is 9.46 Å². The smallest absolute Gasteiger partial charge is 0.261 e. The molecule has 0 spiro atoms. The van der Waals surface area contributed by atoms with E-state index in [-0.39, 0.29) is 24.0 Å². The number of fused-ring (bicyclic) bond motifs is 5. The van der Waals surface area contributed by atoms with E-state index in [1.165, 1.54) is 47.9 Å². The fraction of sp³-hybridized carbons (Fsp3) is 0.475. The lowest BCUT2D eigenvalue weighted by Crippen LogP contribution is -2.48. The first-order chi connectivity index (χ1) is 24.1. The van der Waals surface area contributed by atoms with Crippen molar-refractivity contribution in [3.63, 3.8) is 0 Å². The fourth-order valence-electron chi connectivity index (χ4n) is 8.15. The Kier molecular flexibility index (Phi) is 9.85. The molecule has 2 aromatic heterocycles. The highest BCUT2D eigenvalue weighted by molar-refractivity contribution is 7.97. The molecule has 9 nitrogen and oxygen atoms in total. The summed E-state index contributed by atoms with van der Waals surface area (Å²) in [5.74, 6) is 2.39. The van der Waals surface area contributed by atoms with Crippen molar-refractivity contribution in [1.29, 1.82) is 0 Å². The third-order valence-corrected chi connectivity index (χ3v) is 11.5. The minimum absolute atomic E-state index is 0.0375. The molecule has 7 rings (SSSR count). The Morgan fingerprint density at radius 3 is 2.52 bits per heavy atom. The average molecular weight is 696 g/mol. The summed E-state index contributed by atoms with van der Waals surface area (Å²) in [6, 6.07) is 12.5. The molecule has 1 aliphatic carbocycles. The zero-order valence-corrected chi connectivity index (χ0v) is 30.9. The number of allylic oxidation sites excluding steroid dienone is 1. The molecule has 2 atom stereocenters. The van der Waals surface area contributed by atoms with Crippen LogP contribution in [-0.4, -0.2) is 69.2 Å². The maximum absolute atomic E-state index is 14.2. The number of rotatable bonds is 8.